The van der Waals surface area contributed by atoms with Crippen LogP contribution in [0.25, 0.3) is 6.08 Å². The molecule has 0 heterocycles. The fourth-order valence-corrected chi connectivity index (χ4v) is 20.3. The summed E-state index contributed by atoms with van der Waals surface area (Å²) in [5.74, 6) is 9.02. The molecule has 3 heteroatoms. The lowest BCUT2D eigenvalue weighted by molar-refractivity contribution is -0.00635. The first-order valence-electron chi connectivity index (χ1n) is 27.2. The SMILES string of the molecule is CC1=C(Cc2cc(C)cc(C34CC5CC(CC(C5)C3)C4)c2O)[C@@H](C)/C(=C\c2cc(C)cc(C34CC5CC(CC(C5)C3)C4)c2O)C(C)=C1Cc1cc(C)cc(C23CC4CC(CC(C4)C2)C3)c1O. The zero-order chi connectivity index (χ0) is 45.2. The van der Waals surface area contributed by atoms with E-state index in [1.54, 1.807) is 0 Å². The second kappa shape index (κ2) is 14.9. The molecule has 0 spiro atoms. The first kappa shape index (κ1) is 42.4. The van der Waals surface area contributed by atoms with Gasteiger partial charge < -0.3 is 15.3 Å². The average molecular weight is 883 g/mol. The molecule has 0 aliphatic heterocycles. The lowest BCUT2D eigenvalue weighted by Crippen LogP contribution is -2.48. The molecule has 0 radical (unpaired) electrons. The van der Waals surface area contributed by atoms with Crippen LogP contribution in [0.5, 0.6) is 17.2 Å². The van der Waals surface area contributed by atoms with Crippen molar-refractivity contribution in [3.05, 3.63) is 114 Å². The molecule has 0 amide bonds. The average Bonchev–Trinajstić information content (AvgIpc) is 3.24. The zero-order valence-corrected chi connectivity index (χ0v) is 41.3. The van der Waals surface area contributed by atoms with E-state index in [0.29, 0.717) is 30.1 Å². The van der Waals surface area contributed by atoms with Crippen molar-refractivity contribution in [3.63, 3.8) is 0 Å². The number of hydrogen-bond donors (Lipinski definition) is 3. The summed E-state index contributed by atoms with van der Waals surface area (Å²) < 4.78 is 0. The molecule has 13 aliphatic rings. The Balaban J connectivity index is 0.926. The molecule has 3 nitrogen and oxygen atoms in total. The van der Waals surface area contributed by atoms with E-state index in [-0.39, 0.29) is 22.2 Å². The second-order valence-electron chi connectivity index (χ2n) is 26.4. The quantitative estimate of drug-likeness (QED) is 0.211. The highest BCUT2D eigenvalue weighted by molar-refractivity contribution is 5.71. The minimum Gasteiger partial charge on any atom is -0.507 e. The third kappa shape index (κ3) is 6.59. The lowest BCUT2D eigenvalue weighted by atomic mass is 9.48. The van der Waals surface area contributed by atoms with Crippen molar-refractivity contribution in [3.8, 4) is 17.2 Å². The van der Waals surface area contributed by atoms with Crippen LogP contribution in [0.3, 0.4) is 0 Å². The van der Waals surface area contributed by atoms with Gasteiger partial charge in [0.1, 0.15) is 17.2 Å². The van der Waals surface area contributed by atoms with Crippen molar-refractivity contribution in [2.75, 3.05) is 0 Å². The van der Waals surface area contributed by atoms with Gasteiger partial charge in [-0.1, -0.05) is 54.0 Å². The summed E-state index contributed by atoms with van der Waals surface area (Å²) >= 11 is 0. The van der Waals surface area contributed by atoms with E-state index in [9.17, 15) is 15.3 Å². The van der Waals surface area contributed by atoms with Gasteiger partial charge in [-0.3, -0.25) is 0 Å². The maximum Gasteiger partial charge on any atom is 0.126 e. The number of hydrogen-bond acceptors (Lipinski definition) is 3. The van der Waals surface area contributed by atoms with E-state index in [1.807, 2.05) is 0 Å². The fraction of sp³-hybridized carbons (Fsp3) is 0.619. The molecular weight excluding hydrogens is 805 g/mol. The normalized spacial score (nSPS) is 39.9. The number of benzene rings is 3. The van der Waals surface area contributed by atoms with Gasteiger partial charge in [0.25, 0.3) is 0 Å². The third-order valence-electron chi connectivity index (χ3n) is 21.6. The molecule has 12 bridgehead atoms. The molecule has 348 valence electrons. The van der Waals surface area contributed by atoms with Gasteiger partial charge in [0.05, 0.1) is 0 Å². The third-order valence-corrected chi connectivity index (χ3v) is 21.6. The highest BCUT2D eigenvalue weighted by Gasteiger charge is 2.55. The monoisotopic (exact) mass is 883 g/mol. The summed E-state index contributed by atoms with van der Waals surface area (Å²) in [6, 6.07) is 13.9. The topological polar surface area (TPSA) is 60.7 Å². The molecule has 12 saturated carbocycles. The predicted octanol–water partition coefficient (Wildman–Crippen LogP) is 15.3. The summed E-state index contributed by atoms with van der Waals surface area (Å²) in [5.41, 5.74) is 17.4. The molecule has 13 aliphatic carbocycles. The first-order chi connectivity index (χ1) is 31.6. The molecule has 1 atom stereocenters. The first-order valence-corrected chi connectivity index (χ1v) is 27.2. The van der Waals surface area contributed by atoms with Gasteiger partial charge in [-0.05, 0) is 277 Å². The van der Waals surface area contributed by atoms with Crippen LogP contribution in [0.15, 0.2) is 64.3 Å². The smallest absolute Gasteiger partial charge is 0.126 e. The van der Waals surface area contributed by atoms with E-state index >= 15 is 0 Å². The Morgan fingerprint density at radius 3 is 1.15 bits per heavy atom. The summed E-state index contributed by atoms with van der Waals surface area (Å²) in [5, 5.41) is 37.9. The van der Waals surface area contributed by atoms with Crippen LogP contribution in [0.1, 0.15) is 186 Å². The zero-order valence-electron chi connectivity index (χ0n) is 41.3. The van der Waals surface area contributed by atoms with Crippen molar-refractivity contribution >= 4 is 6.08 Å². The molecule has 0 saturated heterocycles. The highest BCUT2D eigenvalue weighted by Crippen LogP contribution is 2.65. The molecule has 3 aromatic carbocycles. The number of allylic oxidation sites excluding steroid dienone is 5. The Hall–Kier alpha value is -3.72. The molecular formula is C63H78O3. The van der Waals surface area contributed by atoms with Crippen LogP contribution in [0.2, 0.25) is 0 Å². The molecule has 16 rings (SSSR count). The van der Waals surface area contributed by atoms with Gasteiger partial charge in [-0.25, -0.2) is 0 Å². The summed E-state index contributed by atoms with van der Waals surface area (Å²) in [7, 11) is 0. The standard InChI is InChI=1S/C63H78O3/c1-34-7-49(58(64)55(10-34)61-25-40-13-41(26-61)15-42(14-40)27-61)22-52-37(4)53(23-50-8-35(2)11-56(59(50)65)62-28-43-16-44(29-62)18-45(17-43)30-62)39(6)54(38(52)5)24-51-9-36(3)12-57(60(51)66)63-31-46-19-47(32-63)21-48(20-46)33-63/h7-12,22,37,40-48,64-66H,13-21,23-33H2,1-6H3/b52-22+/t37-,40?,41?,42?,43?,44?,45?,46?,47?,48?,61?,62?,63?/m0/s1. The minimum atomic E-state index is 0.0910. The van der Waals surface area contributed by atoms with E-state index in [4.69, 9.17) is 0 Å². The number of aromatic hydroxyl groups is 3. The Morgan fingerprint density at radius 2 is 0.773 bits per heavy atom. The van der Waals surface area contributed by atoms with Crippen molar-refractivity contribution in [2.45, 2.75) is 186 Å². The number of aryl methyl sites for hydroxylation is 3. The van der Waals surface area contributed by atoms with Crippen molar-refractivity contribution in [1.82, 2.24) is 0 Å². The van der Waals surface area contributed by atoms with E-state index in [1.165, 1.54) is 177 Å². The van der Waals surface area contributed by atoms with Crippen molar-refractivity contribution in [1.29, 1.82) is 0 Å². The number of phenols is 3. The van der Waals surface area contributed by atoms with E-state index < -0.39 is 0 Å². The maximum absolute atomic E-state index is 12.6. The molecule has 0 aromatic heterocycles. The number of phenolic OH excluding ortho intramolecular Hbond substituents is 3. The maximum atomic E-state index is 12.6. The Bertz CT molecular complexity index is 2540. The van der Waals surface area contributed by atoms with Crippen LogP contribution in [-0.2, 0) is 29.1 Å². The van der Waals surface area contributed by atoms with Gasteiger partial charge >= 0.3 is 0 Å². The minimum absolute atomic E-state index is 0.0910. The summed E-state index contributed by atoms with van der Waals surface area (Å²) in [4.78, 5) is 0. The Kier molecular flexibility index (Phi) is 9.56. The lowest BCUT2D eigenvalue weighted by Gasteiger charge is -2.57. The van der Waals surface area contributed by atoms with Gasteiger partial charge in [0.15, 0.2) is 0 Å². The van der Waals surface area contributed by atoms with Gasteiger partial charge in [-0.15, -0.1) is 0 Å². The van der Waals surface area contributed by atoms with Crippen LogP contribution < -0.4 is 0 Å². The number of rotatable bonds is 8. The molecule has 66 heavy (non-hydrogen) atoms. The molecule has 12 fully saturated rings. The van der Waals surface area contributed by atoms with Gasteiger partial charge in [0, 0.05) is 34.6 Å². The Labute approximate surface area is 396 Å². The molecule has 3 N–H and O–H groups in total. The van der Waals surface area contributed by atoms with Crippen molar-refractivity contribution < 1.29 is 15.3 Å². The molecule has 0 unspecified atom stereocenters. The van der Waals surface area contributed by atoms with Crippen LogP contribution in [-0.4, -0.2) is 15.3 Å². The fourth-order valence-electron chi connectivity index (χ4n) is 20.3. The van der Waals surface area contributed by atoms with Gasteiger partial charge in [0.2, 0.25) is 0 Å². The summed E-state index contributed by atoms with van der Waals surface area (Å²) in [6.07, 6.45) is 27.4. The van der Waals surface area contributed by atoms with Crippen LogP contribution >= 0.6 is 0 Å². The highest BCUT2D eigenvalue weighted by atomic mass is 16.3. The van der Waals surface area contributed by atoms with Crippen LogP contribution in [0, 0.1) is 80.0 Å². The summed E-state index contributed by atoms with van der Waals surface area (Å²) in [6.45, 7) is 13.8. The largest absolute Gasteiger partial charge is 0.507 e. The Morgan fingerprint density at radius 1 is 0.439 bits per heavy atom. The second-order valence-corrected chi connectivity index (χ2v) is 26.4. The van der Waals surface area contributed by atoms with Gasteiger partial charge in [-0.2, -0.15) is 0 Å². The van der Waals surface area contributed by atoms with E-state index in [2.05, 4.69) is 84.0 Å². The predicted molar refractivity (Wildman–Crippen MR) is 268 cm³/mol. The molecule has 3 aromatic rings. The van der Waals surface area contributed by atoms with E-state index in [0.717, 1.165) is 70.0 Å². The van der Waals surface area contributed by atoms with Crippen molar-refractivity contribution in [2.24, 2.45) is 59.2 Å². The van der Waals surface area contributed by atoms with Crippen LogP contribution in [0.4, 0.5) is 0 Å².